The fraction of sp³-hybridized carbons (Fsp3) is 0.143. The first-order chi connectivity index (χ1) is 11.6. The Morgan fingerprint density at radius 2 is 1.54 bits per heavy atom. The second kappa shape index (κ2) is 6.16. The molecule has 3 aromatic carbocycles. The van der Waals surface area contributed by atoms with Gasteiger partial charge in [-0.1, -0.05) is 77.3 Å². The molecule has 1 aliphatic heterocycles. The van der Waals surface area contributed by atoms with Crippen molar-refractivity contribution in [2.45, 2.75) is 19.4 Å². The van der Waals surface area contributed by atoms with E-state index >= 15 is 0 Å². The van der Waals surface area contributed by atoms with Crippen LogP contribution in [-0.4, -0.2) is 0 Å². The number of halogens is 2. The van der Waals surface area contributed by atoms with Crippen molar-refractivity contribution < 1.29 is 4.74 Å². The Labute approximate surface area is 151 Å². The molecule has 3 aromatic rings. The zero-order valence-electron chi connectivity index (χ0n) is 13.2. The monoisotopic (exact) mass is 354 g/mol. The summed E-state index contributed by atoms with van der Waals surface area (Å²) in [7, 11) is 0. The minimum atomic E-state index is 0.0306. The summed E-state index contributed by atoms with van der Waals surface area (Å²) < 4.78 is 6.31. The lowest BCUT2D eigenvalue weighted by atomic mass is 9.99. The number of hydrogen-bond acceptors (Lipinski definition) is 1. The molecule has 0 fully saturated rings. The molecule has 0 bridgehead atoms. The molecule has 1 nitrogen and oxygen atoms in total. The van der Waals surface area contributed by atoms with Crippen LogP contribution in [0, 0.1) is 6.92 Å². The smallest absolute Gasteiger partial charge is 0.131 e. The zero-order chi connectivity index (χ0) is 16.7. The van der Waals surface area contributed by atoms with Gasteiger partial charge >= 0.3 is 0 Å². The molecular formula is C21H16Cl2O. The van der Waals surface area contributed by atoms with Crippen molar-refractivity contribution in [3.05, 3.63) is 87.4 Å². The van der Waals surface area contributed by atoms with Crippen molar-refractivity contribution >= 4 is 23.2 Å². The Balaban J connectivity index is 1.76. The minimum Gasteiger partial charge on any atom is -0.484 e. The van der Waals surface area contributed by atoms with Crippen LogP contribution in [0.3, 0.4) is 0 Å². The lowest BCUT2D eigenvalue weighted by Gasteiger charge is -2.14. The van der Waals surface area contributed by atoms with Crippen LogP contribution in [0.4, 0.5) is 0 Å². The molecule has 3 heteroatoms. The second-order valence-electron chi connectivity index (χ2n) is 6.11. The Kier molecular flexibility index (Phi) is 3.99. The third kappa shape index (κ3) is 2.68. The first kappa shape index (κ1) is 15.6. The summed E-state index contributed by atoms with van der Waals surface area (Å²) >= 11 is 12.8. The molecule has 0 saturated heterocycles. The number of benzene rings is 3. The third-order valence-electron chi connectivity index (χ3n) is 4.44. The number of fused-ring (bicyclic) bond motifs is 1. The van der Waals surface area contributed by atoms with E-state index in [2.05, 4.69) is 37.3 Å². The molecule has 0 radical (unpaired) electrons. The van der Waals surface area contributed by atoms with Gasteiger partial charge in [-0.3, -0.25) is 0 Å². The van der Waals surface area contributed by atoms with Crippen LogP contribution in [0.1, 0.15) is 22.8 Å². The maximum atomic E-state index is 6.40. The highest BCUT2D eigenvalue weighted by Crippen LogP contribution is 2.46. The van der Waals surface area contributed by atoms with Crippen LogP contribution >= 0.6 is 23.2 Å². The number of ether oxygens (including phenoxy) is 1. The number of hydrogen-bond donors (Lipinski definition) is 0. The van der Waals surface area contributed by atoms with Crippen LogP contribution in [0.25, 0.3) is 11.1 Å². The fourth-order valence-electron chi connectivity index (χ4n) is 3.19. The lowest BCUT2D eigenvalue weighted by Crippen LogP contribution is -2.03. The van der Waals surface area contributed by atoms with E-state index in [0.29, 0.717) is 10.0 Å². The van der Waals surface area contributed by atoms with Crippen molar-refractivity contribution in [1.29, 1.82) is 0 Å². The molecule has 120 valence electrons. The predicted octanol–water partition coefficient (Wildman–Crippen LogP) is 6.65. The van der Waals surface area contributed by atoms with Gasteiger partial charge in [0.2, 0.25) is 0 Å². The van der Waals surface area contributed by atoms with E-state index in [1.807, 2.05) is 30.3 Å². The Bertz CT molecular complexity index is 880. The number of aryl methyl sites for hydroxylation is 1. The van der Waals surface area contributed by atoms with Crippen molar-refractivity contribution in [1.82, 2.24) is 0 Å². The van der Waals surface area contributed by atoms with Crippen LogP contribution in [0.5, 0.6) is 5.75 Å². The van der Waals surface area contributed by atoms with Crippen LogP contribution in [-0.2, 0) is 6.42 Å². The number of rotatable bonds is 2. The third-order valence-corrected chi connectivity index (χ3v) is 5.07. The van der Waals surface area contributed by atoms with Gasteiger partial charge in [-0.25, -0.2) is 0 Å². The van der Waals surface area contributed by atoms with Crippen molar-refractivity contribution in [2.24, 2.45) is 0 Å². The van der Waals surface area contributed by atoms with Crippen LogP contribution in [0.15, 0.2) is 60.7 Å². The standard InChI is InChI=1S/C21H16Cl2O/c1-13-8-10-14(11-9-13)19-12-15-4-2-5-16(21(15)24-19)20-17(22)6-3-7-18(20)23/h2-11,19H,12H2,1H3. The zero-order valence-corrected chi connectivity index (χ0v) is 14.7. The van der Waals surface area contributed by atoms with Crippen molar-refractivity contribution in [3.63, 3.8) is 0 Å². The number of para-hydroxylation sites is 1. The molecule has 24 heavy (non-hydrogen) atoms. The molecule has 0 saturated carbocycles. The second-order valence-corrected chi connectivity index (χ2v) is 6.93. The first-order valence-corrected chi connectivity index (χ1v) is 8.68. The SMILES string of the molecule is Cc1ccc(C2Cc3cccc(-c4c(Cl)cccc4Cl)c3O2)cc1. The summed E-state index contributed by atoms with van der Waals surface area (Å²) in [5.41, 5.74) is 5.42. The largest absolute Gasteiger partial charge is 0.484 e. The average Bonchev–Trinajstić information content (AvgIpc) is 3.00. The van der Waals surface area contributed by atoms with Gasteiger partial charge in [-0.15, -0.1) is 0 Å². The highest BCUT2D eigenvalue weighted by molar-refractivity contribution is 6.39. The van der Waals surface area contributed by atoms with E-state index in [1.165, 1.54) is 16.7 Å². The van der Waals surface area contributed by atoms with Gasteiger partial charge in [0.15, 0.2) is 0 Å². The topological polar surface area (TPSA) is 9.23 Å². The first-order valence-electron chi connectivity index (χ1n) is 7.93. The average molecular weight is 355 g/mol. The van der Waals surface area contributed by atoms with Crippen LogP contribution < -0.4 is 4.74 Å². The fourth-order valence-corrected chi connectivity index (χ4v) is 3.79. The van der Waals surface area contributed by atoms with Gasteiger partial charge < -0.3 is 4.74 Å². The van der Waals surface area contributed by atoms with E-state index < -0.39 is 0 Å². The maximum Gasteiger partial charge on any atom is 0.131 e. The molecule has 0 spiro atoms. The van der Waals surface area contributed by atoms with E-state index in [4.69, 9.17) is 27.9 Å². The normalized spacial score (nSPS) is 15.9. The molecular weight excluding hydrogens is 339 g/mol. The molecule has 0 N–H and O–H groups in total. The minimum absolute atomic E-state index is 0.0306. The summed E-state index contributed by atoms with van der Waals surface area (Å²) in [6.45, 7) is 2.09. The molecule has 1 atom stereocenters. The summed E-state index contributed by atoms with van der Waals surface area (Å²) in [4.78, 5) is 0. The van der Waals surface area contributed by atoms with Gasteiger partial charge in [0.25, 0.3) is 0 Å². The molecule has 1 heterocycles. The van der Waals surface area contributed by atoms with E-state index in [0.717, 1.165) is 23.3 Å². The summed E-state index contributed by atoms with van der Waals surface area (Å²) in [6.07, 6.45) is 0.886. The van der Waals surface area contributed by atoms with Crippen molar-refractivity contribution in [3.8, 4) is 16.9 Å². The molecule has 0 amide bonds. The highest BCUT2D eigenvalue weighted by atomic mass is 35.5. The van der Waals surface area contributed by atoms with Gasteiger partial charge in [0, 0.05) is 17.5 Å². The Hall–Kier alpha value is -1.96. The molecule has 1 aliphatic rings. The molecule has 4 rings (SSSR count). The molecule has 1 unspecified atom stereocenters. The Morgan fingerprint density at radius 1 is 0.875 bits per heavy atom. The van der Waals surface area contributed by atoms with Gasteiger partial charge in [0.1, 0.15) is 11.9 Å². The predicted molar refractivity (Wildman–Crippen MR) is 100 cm³/mol. The van der Waals surface area contributed by atoms with E-state index in [9.17, 15) is 0 Å². The maximum absolute atomic E-state index is 6.40. The van der Waals surface area contributed by atoms with Gasteiger partial charge in [0.05, 0.1) is 10.0 Å². The quantitative estimate of drug-likeness (QED) is 0.500. The van der Waals surface area contributed by atoms with E-state index in [-0.39, 0.29) is 6.10 Å². The van der Waals surface area contributed by atoms with Crippen LogP contribution in [0.2, 0.25) is 10.0 Å². The van der Waals surface area contributed by atoms with E-state index in [1.54, 1.807) is 0 Å². The van der Waals surface area contributed by atoms with Gasteiger partial charge in [-0.2, -0.15) is 0 Å². The summed E-state index contributed by atoms with van der Waals surface area (Å²) in [5, 5.41) is 1.27. The molecule has 0 aliphatic carbocycles. The van der Waals surface area contributed by atoms with Gasteiger partial charge in [-0.05, 0) is 30.2 Å². The molecule has 0 aromatic heterocycles. The summed E-state index contributed by atoms with van der Waals surface area (Å²) in [6, 6.07) is 20.2. The summed E-state index contributed by atoms with van der Waals surface area (Å²) in [5.74, 6) is 0.887. The lowest BCUT2D eigenvalue weighted by molar-refractivity contribution is 0.239. The highest BCUT2D eigenvalue weighted by Gasteiger charge is 2.28. The van der Waals surface area contributed by atoms with Crippen molar-refractivity contribution in [2.75, 3.05) is 0 Å². The Morgan fingerprint density at radius 3 is 2.25 bits per heavy atom.